The normalized spacial score (nSPS) is 13.7. The maximum atomic E-state index is 9.35. The summed E-state index contributed by atoms with van der Waals surface area (Å²) in [6.45, 7) is 6.28. The molecule has 3 N–H and O–H groups in total. The number of nitrogens with zero attached hydrogens (tertiary/aromatic N) is 5. The van der Waals surface area contributed by atoms with Crippen molar-refractivity contribution in [3.05, 3.63) is 6.20 Å². The second-order valence-electron chi connectivity index (χ2n) is 5.88. The molecule has 2 heterocycles. The molecule has 2 aromatic heterocycles. The van der Waals surface area contributed by atoms with Gasteiger partial charge in [0.05, 0.1) is 12.3 Å². The summed E-state index contributed by atoms with van der Waals surface area (Å²) in [7, 11) is 3.83. The molecule has 2 unspecified atom stereocenters. The Morgan fingerprint density at radius 1 is 1.17 bits per heavy atom. The number of nitrogens with one attached hydrogen (secondary N) is 2. The minimum absolute atomic E-state index is 0.287. The van der Waals surface area contributed by atoms with Crippen molar-refractivity contribution >= 4 is 28.7 Å². The molecule has 126 valence electrons. The molecule has 0 bridgehead atoms. The lowest BCUT2D eigenvalue weighted by atomic mass is 10.3. The summed E-state index contributed by atoms with van der Waals surface area (Å²) in [6, 6.07) is 0.287. The highest BCUT2D eigenvalue weighted by atomic mass is 16.3. The quantitative estimate of drug-likeness (QED) is 0.706. The number of fused-ring (bicyclic) bond motifs is 1. The molecule has 0 spiro atoms. The van der Waals surface area contributed by atoms with Crippen LogP contribution in [0.25, 0.3) is 11.0 Å². The van der Waals surface area contributed by atoms with Crippen LogP contribution in [0.15, 0.2) is 6.20 Å². The summed E-state index contributed by atoms with van der Waals surface area (Å²) >= 11 is 0. The lowest BCUT2D eigenvalue weighted by Crippen LogP contribution is -2.20. The van der Waals surface area contributed by atoms with Gasteiger partial charge in [-0.05, 0) is 20.3 Å². The van der Waals surface area contributed by atoms with E-state index < -0.39 is 6.10 Å². The predicted octanol–water partition coefficient (Wildman–Crippen LogP) is 1.49. The van der Waals surface area contributed by atoms with Crippen LogP contribution in [0.5, 0.6) is 0 Å². The predicted molar refractivity (Wildman–Crippen MR) is 93.0 cm³/mol. The van der Waals surface area contributed by atoms with Crippen molar-refractivity contribution in [2.45, 2.75) is 39.3 Å². The number of hydrogen-bond acceptors (Lipinski definition) is 8. The third-order valence-corrected chi connectivity index (χ3v) is 3.39. The molecule has 0 radical (unpaired) electrons. The van der Waals surface area contributed by atoms with E-state index in [9.17, 15) is 5.11 Å². The van der Waals surface area contributed by atoms with Gasteiger partial charge in [-0.2, -0.15) is 4.98 Å². The summed E-state index contributed by atoms with van der Waals surface area (Å²) in [5.41, 5.74) is 1.35. The average molecular weight is 319 g/mol. The highest BCUT2D eigenvalue weighted by Crippen LogP contribution is 2.23. The largest absolute Gasteiger partial charge is 0.392 e. The molecule has 23 heavy (non-hydrogen) atoms. The smallest absolute Gasteiger partial charge is 0.225 e. The highest BCUT2D eigenvalue weighted by molar-refractivity contribution is 5.86. The molecule has 8 nitrogen and oxygen atoms in total. The van der Waals surface area contributed by atoms with Gasteiger partial charge in [-0.3, -0.25) is 0 Å². The van der Waals surface area contributed by atoms with Gasteiger partial charge in [0.15, 0.2) is 5.82 Å². The maximum Gasteiger partial charge on any atom is 0.225 e. The Labute approximate surface area is 136 Å². The van der Waals surface area contributed by atoms with E-state index in [0.29, 0.717) is 29.5 Å². The molecule has 0 aromatic carbocycles. The van der Waals surface area contributed by atoms with Gasteiger partial charge in [-0.25, -0.2) is 15.0 Å². The van der Waals surface area contributed by atoms with Crippen molar-refractivity contribution in [3.63, 3.8) is 0 Å². The molecule has 8 heteroatoms. The zero-order valence-electron chi connectivity index (χ0n) is 14.3. The standard InChI is InChI=1S/C15H25N7O/c1-6-9(2)18-15-19-11-8-17-14(16-7-10(3)23)20-12(11)13(21-15)22(4)5/h8-10,23H,6-7H2,1-5H3,(H,16,17,20)(H,18,19,21). The summed E-state index contributed by atoms with van der Waals surface area (Å²) in [6.07, 6.45) is 2.18. The van der Waals surface area contributed by atoms with Crippen LogP contribution in [0, 0.1) is 0 Å². The topological polar surface area (TPSA) is 99.1 Å². The summed E-state index contributed by atoms with van der Waals surface area (Å²) in [4.78, 5) is 19.7. The molecule has 0 amide bonds. The van der Waals surface area contributed by atoms with Crippen molar-refractivity contribution in [2.24, 2.45) is 0 Å². The SMILES string of the molecule is CCC(C)Nc1nc(N(C)C)c2nc(NCC(C)O)ncc2n1. The molecule has 2 aromatic rings. The third kappa shape index (κ3) is 4.38. The summed E-state index contributed by atoms with van der Waals surface area (Å²) in [5, 5.41) is 15.6. The van der Waals surface area contributed by atoms with Crippen LogP contribution >= 0.6 is 0 Å². The van der Waals surface area contributed by atoms with Crippen LogP contribution in [-0.4, -0.2) is 57.8 Å². The zero-order valence-corrected chi connectivity index (χ0v) is 14.3. The number of rotatable bonds is 7. The molecule has 0 fully saturated rings. The Balaban J connectivity index is 2.41. The van der Waals surface area contributed by atoms with Gasteiger partial charge in [0.25, 0.3) is 0 Å². The molecule has 0 saturated heterocycles. The number of aromatic nitrogens is 4. The molecule has 0 aliphatic rings. The third-order valence-electron chi connectivity index (χ3n) is 3.39. The van der Waals surface area contributed by atoms with Gasteiger partial charge in [0.2, 0.25) is 11.9 Å². The Kier molecular flexibility index (Phi) is 5.49. The Hall–Kier alpha value is -2.22. The van der Waals surface area contributed by atoms with E-state index in [1.807, 2.05) is 19.0 Å². The van der Waals surface area contributed by atoms with Crippen molar-refractivity contribution in [1.29, 1.82) is 0 Å². The number of anilines is 3. The molecular weight excluding hydrogens is 294 g/mol. The molecule has 0 saturated carbocycles. The fraction of sp³-hybridized carbons (Fsp3) is 0.600. The second-order valence-corrected chi connectivity index (χ2v) is 5.88. The summed E-state index contributed by atoms with van der Waals surface area (Å²) < 4.78 is 0. The molecule has 0 aliphatic heterocycles. The van der Waals surface area contributed by atoms with Crippen molar-refractivity contribution in [3.8, 4) is 0 Å². The van der Waals surface area contributed by atoms with Crippen LogP contribution < -0.4 is 15.5 Å². The van der Waals surface area contributed by atoms with Crippen LogP contribution in [0.1, 0.15) is 27.2 Å². The first-order chi connectivity index (χ1) is 10.9. The minimum atomic E-state index is -0.471. The first-order valence-electron chi connectivity index (χ1n) is 7.81. The summed E-state index contributed by atoms with van der Waals surface area (Å²) in [5.74, 6) is 1.75. The van der Waals surface area contributed by atoms with Crippen LogP contribution in [0.4, 0.5) is 17.7 Å². The van der Waals surface area contributed by atoms with Gasteiger partial charge in [-0.15, -0.1) is 0 Å². The Morgan fingerprint density at radius 3 is 2.52 bits per heavy atom. The van der Waals surface area contributed by atoms with E-state index >= 15 is 0 Å². The van der Waals surface area contributed by atoms with Crippen LogP contribution in [0.3, 0.4) is 0 Å². The van der Waals surface area contributed by atoms with Crippen molar-refractivity contribution in [2.75, 3.05) is 36.2 Å². The van der Waals surface area contributed by atoms with Gasteiger partial charge in [0.1, 0.15) is 11.0 Å². The van der Waals surface area contributed by atoms with E-state index in [4.69, 9.17) is 0 Å². The van der Waals surface area contributed by atoms with Crippen molar-refractivity contribution in [1.82, 2.24) is 19.9 Å². The van der Waals surface area contributed by atoms with Crippen LogP contribution in [0.2, 0.25) is 0 Å². The lowest BCUT2D eigenvalue weighted by molar-refractivity contribution is 0.208. The maximum absolute atomic E-state index is 9.35. The lowest BCUT2D eigenvalue weighted by Gasteiger charge is -2.17. The molecular formula is C15H25N7O. The Morgan fingerprint density at radius 2 is 1.91 bits per heavy atom. The van der Waals surface area contributed by atoms with E-state index in [-0.39, 0.29) is 6.04 Å². The monoisotopic (exact) mass is 319 g/mol. The van der Waals surface area contributed by atoms with Gasteiger partial charge < -0.3 is 20.6 Å². The molecule has 2 atom stereocenters. The fourth-order valence-corrected chi connectivity index (χ4v) is 1.94. The highest BCUT2D eigenvalue weighted by Gasteiger charge is 2.13. The average Bonchev–Trinajstić information content (AvgIpc) is 2.51. The van der Waals surface area contributed by atoms with Crippen LogP contribution in [-0.2, 0) is 0 Å². The van der Waals surface area contributed by atoms with E-state index in [1.165, 1.54) is 0 Å². The molecule has 2 rings (SSSR count). The molecule has 0 aliphatic carbocycles. The Bertz CT molecular complexity index is 660. The minimum Gasteiger partial charge on any atom is -0.392 e. The number of aliphatic hydroxyl groups is 1. The number of hydrogen-bond donors (Lipinski definition) is 3. The first-order valence-corrected chi connectivity index (χ1v) is 7.81. The van der Waals surface area contributed by atoms with E-state index in [0.717, 1.165) is 12.2 Å². The van der Waals surface area contributed by atoms with Gasteiger partial charge in [0, 0.05) is 26.7 Å². The van der Waals surface area contributed by atoms with Gasteiger partial charge >= 0.3 is 0 Å². The fourth-order valence-electron chi connectivity index (χ4n) is 1.94. The second kappa shape index (κ2) is 7.36. The van der Waals surface area contributed by atoms with Gasteiger partial charge in [-0.1, -0.05) is 6.92 Å². The van der Waals surface area contributed by atoms with E-state index in [1.54, 1.807) is 13.1 Å². The number of aliphatic hydroxyl groups excluding tert-OH is 1. The van der Waals surface area contributed by atoms with E-state index in [2.05, 4.69) is 44.4 Å². The van der Waals surface area contributed by atoms with Crippen molar-refractivity contribution < 1.29 is 5.11 Å². The first kappa shape index (κ1) is 17.1. The zero-order chi connectivity index (χ0) is 17.0.